The van der Waals surface area contributed by atoms with Crippen molar-refractivity contribution < 1.29 is 13.2 Å². The van der Waals surface area contributed by atoms with Crippen molar-refractivity contribution in [1.82, 2.24) is 9.21 Å². The van der Waals surface area contributed by atoms with Crippen molar-refractivity contribution in [3.63, 3.8) is 0 Å². The molecule has 1 aliphatic heterocycles. The fourth-order valence-corrected chi connectivity index (χ4v) is 4.96. The predicted octanol–water partition coefficient (Wildman–Crippen LogP) is 0.927. The molecule has 20 heavy (non-hydrogen) atoms. The molecule has 1 aromatic heterocycles. The Labute approximate surface area is 123 Å². The highest BCUT2D eigenvalue weighted by Crippen LogP contribution is 2.31. The van der Waals surface area contributed by atoms with E-state index in [9.17, 15) is 13.2 Å². The van der Waals surface area contributed by atoms with Crippen LogP contribution in [0.15, 0.2) is 17.5 Å². The van der Waals surface area contributed by atoms with Crippen LogP contribution in [-0.4, -0.2) is 55.0 Å². The Morgan fingerprint density at radius 1 is 1.25 bits per heavy atom. The molecule has 0 bridgehead atoms. The molecule has 2 aliphatic rings. The number of carbonyl (C=O) groups excluding carboxylic acids is 1. The standard InChI is InChI=1S/C13H18N2O3S2/c16-13(10-11-2-1-9-19-11)14-5-7-15(8-6-14)20(17,18)12-3-4-12/h1-2,9,12H,3-8,10H2. The molecule has 1 amide bonds. The molecule has 0 spiro atoms. The third-order valence-corrected chi connectivity index (χ3v) is 7.08. The molecular weight excluding hydrogens is 296 g/mol. The van der Waals surface area contributed by atoms with Gasteiger partial charge in [0.2, 0.25) is 15.9 Å². The quantitative estimate of drug-likeness (QED) is 0.830. The number of piperazine rings is 1. The van der Waals surface area contributed by atoms with Gasteiger partial charge in [-0.3, -0.25) is 4.79 Å². The highest BCUT2D eigenvalue weighted by Gasteiger charge is 2.41. The summed E-state index contributed by atoms with van der Waals surface area (Å²) < 4.78 is 25.8. The van der Waals surface area contributed by atoms with E-state index < -0.39 is 10.0 Å². The zero-order chi connectivity index (χ0) is 14.2. The largest absolute Gasteiger partial charge is 0.340 e. The molecule has 0 atom stereocenters. The second kappa shape index (κ2) is 5.46. The summed E-state index contributed by atoms with van der Waals surface area (Å²) in [5.41, 5.74) is 0. The van der Waals surface area contributed by atoms with Crippen LogP contribution in [0, 0.1) is 0 Å². The van der Waals surface area contributed by atoms with Gasteiger partial charge in [-0.1, -0.05) is 6.07 Å². The Hall–Kier alpha value is -0.920. The summed E-state index contributed by atoms with van der Waals surface area (Å²) in [6.07, 6.45) is 2.01. The summed E-state index contributed by atoms with van der Waals surface area (Å²) in [6.45, 7) is 1.90. The van der Waals surface area contributed by atoms with E-state index in [2.05, 4.69) is 0 Å². The van der Waals surface area contributed by atoms with Crippen molar-refractivity contribution in [3.8, 4) is 0 Å². The molecule has 7 heteroatoms. The summed E-state index contributed by atoms with van der Waals surface area (Å²) in [7, 11) is -3.09. The van der Waals surface area contributed by atoms with Gasteiger partial charge in [0, 0.05) is 31.1 Å². The Morgan fingerprint density at radius 2 is 1.95 bits per heavy atom. The van der Waals surface area contributed by atoms with E-state index >= 15 is 0 Å². The first-order valence-corrected chi connectivity index (χ1v) is 9.25. The van der Waals surface area contributed by atoms with Crippen LogP contribution in [0.25, 0.3) is 0 Å². The summed E-state index contributed by atoms with van der Waals surface area (Å²) in [4.78, 5) is 15.0. The van der Waals surface area contributed by atoms with Crippen molar-refractivity contribution in [2.24, 2.45) is 0 Å². The number of amides is 1. The van der Waals surface area contributed by atoms with Crippen LogP contribution >= 0.6 is 11.3 Å². The second-order valence-corrected chi connectivity index (χ2v) is 8.53. The molecule has 0 radical (unpaired) electrons. The fraction of sp³-hybridized carbons (Fsp3) is 0.615. The van der Waals surface area contributed by atoms with Gasteiger partial charge < -0.3 is 4.90 Å². The maximum atomic E-state index is 12.1. The first kappa shape index (κ1) is 14.0. The van der Waals surface area contributed by atoms with E-state index in [1.54, 1.807) is 20.5 Å². The predicted molar refractivity (Wildman–Crippen MR) is 78.1 cm³/mol. The zero-order valence-electron chi connectivity index (χ0n) is 11.2. The summed E-state index contributed by atoms with van der Waals surface area (Å²) >= 11 is 1.58. The van der Waals surface area contributed by atoms with Gasteiger partial charge in [-0.25, -0.2) is 8.42 Å². The lowest BCUT2D eigenvalue weighted by atomic mass is 10.3. The lowest BCUT2D eigenvalue weighted by Crippen LogP contribution is -2.51. The molecule has 0 unspecified atom stereocenters. The summed E-state index contributed by atoms with van der Waals surface area (Å²) in [6, 6.07) is 3.89. The van der Waals surface area contributed by atoms with Crippen LogP contribution in [0.4, 0.5) is 0 Å². The lowest BCUT2D eigenvalue weighted by molar-refractivity contribution is -0.131. The van der Waals surface area contributed by atoms with Crippen LogP contribution in [0.1, 0.15) is 17.7 Å². The molecular formula is C13H18N2O3S2. The van der Waals surface area contributed by atoms with E-state index in [0.29, 0.717) is 32.6 Å². The van der Waals surface area contributed by atoms with Crippen molar-refractivity contribution in [2.45, 2.75) is 24.5 Å². The highest BCUT2D eigenvalue weighted by molar-refractivity contribution is 7.90. The van der Waals surface area contributed by atoms with E-state index in [0.717, 1.165) is 17.7 Å². The minimum Gasteiger partial charge on any atom is -0.340 e. The smallest absolute Gasteiger partial charge is 0.227 e. The van der Waals surface area contributed by atoms with E-state index in [-0.39, 0.29) is 11.2 Å². The van der Waals surface area contributed by atoms with Gasteiger partial charge in [-0.15, -0.1) is 11.3 Å². The van der Waals surface area contributed by atoms with Crippen molar-refractivity contribution >= 4 is 27.3 Å². The molecule has 2 heterocycles. The number of carbonyl (C=O) groups is 1. The number of rotatable bonds is 4. The molecule has 0 aromatic carbocycles. The number of thiophene rings is 1. The maximum Gasteiger partial charge on any atom is 0.227 e. The zero-order valence-corrected chi connectivity index (χ0v) is 12.8. The third-order valence-electron chi connectivity index (χ3n) is 3.80. The highest BCUT2D eigenvalue weighted by atomic mass is 32.2. The number of sulfonamides is 1. The lowest BCUT2D eigenvalue weighted by Gasteiger charge is -2.34. The summed E-state index contributed by atoms with van der Waals surface area (Å²) in [5.74, 6) is 0.0934. The monoisotopic (exact) mass is 314 g/mol. The van der Waals surface area contributed by atoms with Crippen LogP contribution in [0.5, 0.6) is 0 Å². The Bertz CT molecular complexity index is 571. The Kier molecular flexibility index (Phi) is 3.83. The SMILES string of the molecule is O=C(Cc1cccs1)N1CCN(S(=O)(=O)C2CC2)CC1. The molecule has 0 N–H and O–H groups in total. The average molecular weight is 314 g/mol. The second-order valence-electron chi connectivity index (χ2n) is 5.28. The van der Waals surface area contributed by atoms with Crippen LogP contribution in [0.3, 0.4) is 0 Å². The summed E-state index contributed by atoms with van der Waals surface area (Å²) in [5, 5.41) is 1.80. The van der Waals surface area contributed by atoms with E-state index in [1.807, 2.05) is 17.5 Å². The Morgan fingerprint density at radius 3 is 2.50 bits per heavy atom. The Balaban J connectivity index is 1.54. The van der Waals surface area contributed by atoms with Gasteiger partial charge in [-0.2, -0.15) is 4.31 Å². The molecule has 3 rings (SSSR count). The number of nitrogens with zero attached hydrogens (tertiary/aromatic N) is 2. The van der Waals surface area contributed by atoms with Gasteiger partial charge in [0.15, 0.2) is 0 Å². The minimum atomic E-state index is -3.09. The minimum absolute atomic E-state index is 0.0934. The van der Waals surface area contributed by atoms with Crippen molar-refractivity contribution in [1.29, 1.82) is 0 Å². The van der Waals surface area contributed by atoms with Crippen LogP contribution in [0.2, 0.25) is 0 Å². The maximum absolute atomic E-state index is 12.1. The van der Waals surface area contributed by atoms with Crippen LogP contribution < -0.4 is 0 Å². The first-order valence-electron chi connectivity index (χ1n) is 6.86. The van der Waals surface area contributed by atoms with Crippen molar-refractivity contribution in [3.05, 3.63) is 22.4 Å². The van der Waals surface area contributed by atoms with Gasteiger partial charge in [0.05, 0.1) is 11.7 Å². The molecule has 5 nitrogen and oxygen atoms in total. The van der Waals surface area contributed by atoms with Crippen molar-refractivity contribution in [2.75, 3.05) is 26.2 Å². The number of hydrogen-bond donors (Lipinski definition) is 0. The van der Waals surface area contributed by atoms with Gasteiger partial charge >= 0.3 is 0 Å². The number of hydrogen-bond acceptors (Lipinski definition) is 4. The molecule has 1 aliphatic carbocycles. The molecule has 2 fully saturated rings. The molecule has 1 aromatic rings. The average Bonchev–Trinajstić information content (AvgIpc) is 3.19. The molecule has 1 saturated heterocycles. The fourth-order valence-electron chi connectivity index (χ4n) is 2.44. The normalized spacial score (nSPS) is 21.1. The van der Waals surface area contributed by atoms with Gasteiger partial charge in [0.1, 0.15) is 0 Å². The third kappa shape index (κ3) is 2.89. The molecule has 1 saturated carbocycles. The van der Waals surface area contributed by atoms with E-state index in [1.165, 1.54) is 0 Å². The van der Waals surface area contributed by atoms with Gasteiger partial charge in [-0.05, 0) is 24.3 Å². The van der Waals surface area contributed by atoms with Crippen LogP contribution in [-0.2, 0) is 21.2 Å². The first-order chi connectivity index (χ1) is 9.57. The van der Waals surface area contributed by atoms with E-state index in [4.69, 9.17) is 0 Å². The van der Waals surface area contributed by atoms with Gasteiger partial charge in [0.25, 0.3) is 0 Å². The topological polar surface area (TPSA) is 57.7 Å². The molecule has 110 valence electrons.